The van der Waals surface area contributed by atoms with Crippen LogP contribution >= 0.6 is 0 Å². The molecule has 2 aromatic rings. The molecule has 2 rings (SSSR count). The maximum atomic E-state index is 11.3. The van der Waals surface area contributed by atoms with E-state index in [0.29, 0.717) is 11.4 Å². The molecule has 0 unspecified atom stereocenters. The number of hydrogen-bond donors (Lipinski definition) is 3. The molecule has 8 nitrogen and oxygen atoms in total. The highest BCUT2D eigenvalue weighted by molar-refractivity contribution is 7.86. The number of hydrogen-bond acceptors (Lipinski definition) is 7. The van der Waals surface area contributed by atoms with E-state index in [1.807, 2.05) is 19.9 Å². The summed E-state index contributed by atoms with van der Waals surface area (Å²) < 4.78 is 37.1. The van der Waals surface area contributed by atoms with Crippen molar-refractivity contribution in [3.05, 3.63) is 35.4 Å². The van der Waals surface area contributed by atoms with Crippen LogP contribution in [0, 0.1) is 13.8 Å². The molecule has 0 saturated heterocycles. The number of benzene rings is 2. The van der Waals surface area contributed by atoms with Crippen LogP contribution < -0.4 is 16.2 Å². The van der Waals surface area contributed by atoms with Crippen LogP contribution in [0.25, 0.3) is 0 Å². The Morgan fingerprint density at radius 2 is 1.54 bits per heavy atom. The van der Waals surface area contributed by atoms with Crippen molar-refractivity contribution in [2.45, 2.75) is 18.7 Å². The molecule has 0 aliphatic carbocycles. The Morgan fingerprint density at radius 1 is 0.958 bits per heavy atom. The van der Waals surface area contributed by atoms with Gasteiger partial charge in [0, 0.05) is 0 Å². The van der Waals surface area contributed by atoms with Crippen LogP contribution in [-0.4, -0.2) is 20.1 Å². The third-order valence-electron chi connectivity index (χ3n) is 3.50. The first kappa shape index (κ1) is 17.7. The molecule has 0 bridgehead atoms. The Labute approximate surface area is 139 Å². The molecule has 0 radical (unpaired) electrons. The number of methoxy groups -OCH3 is 1. The van der Waals surface area contributed by atoms with Crippen molar-refractivity contribution in [3.63, 3.8) is 0 Å². The lowest BCUT2D eigenvalue weighted by Crippen LogP contribution is -2.04. The Kier molecular flexibility index (Phi) is 4.76. The zero-order valence-electron chi connectivity index (χ0n) is 13.4. The number of nitrogens with two attached hydrogens (primary N) is 2. The van der Waals surface area contributed by atoms with Gasteiger partial charge in [0.05, 0.1) is 18.5 Å². The Morgan fingerprint density at radius 3 is 2.12 bits per heavy atom. The second-order valence-electron chi connectivity index (χ2n) is 5.23. The van der Waals surface area contributed by atoms with Crippen LogP contribution in [0.3, 0.4) is 0 Å². The minimum absolute atomic E-state index is 0.0668. The third-order valence-corrected chi connectivity index (χ3v) is 4.41. The molecular formula is C15H18N4O4S. The summed E-state index contributed by atoms with van der Waals surface area (Å²) >= 11 is 0. The minimum Gasteiger partial charge on any atom is -0.494 e. The molecule has 24 heavy (non-hydrogen) atoms. The van der Waals surface area contributed by atoms with Gasteiger partial charge in [0.15, 0.2) is 0 Å². The van der Waals surface area contributed by atoms with Crippen molar-refractivity contribution < 1.29 is 17.7 Å². The normalized spacial score (nSPS) is 11.8. The summed E-state index contributed by atoms with van der Waals surface area (Å²) in [5, 5.41) is 8.03. The summed E-state index contributed by atoms with van der Waals surface area (Å²) in [6.07, 6.45) is 0. The Balaban J connectivity index is 2.52. The molecule has 0 heterocycles. The molecule has 0 saturated carbocycles. The molecule has 0 aromatic heterocycles. The molecule has 0 aliphatic rings. The van der Waals surface area contributed by atoms with Crippen LogP contribution in [0.15, 0.2) is 39.4 Å². The molecule has 0 aliphatic heterocycles. The van der Waals surface area contributed by atoms with E-state index in [1.165, 1.54) is 13.2 Å². The first-order valence-electron chi connectivity index (χ1n) is 6.87. The Bertz CT molecular complexity index is 924. The maximum absolute atomic E-state index is 11.3. The highest BCUT2D eigenvalue weighted by Gasteiger charge is 2.17. The van der Waals surface area contributed by atoms with Gasteiger partial charge in [-0.15, -0.1) is 10.2 Å². The number of nitrogen functional groups attached to an aromatic ring is 2. The molecule has 128 valence electrons. The average molecular weight is 350 g/mol. The van der Waals surface area contributed by atoms with Crippen LogP contribution in [0.4, 0.5) is 22.7 Å². The number of nitrogens with zero attached hydrogens (tertiary/aromatic N) is 2. The van der Waals surface area contributed by atoms with Gasteiger partial charge in [0.2, 0.25) is 0 Å². The van der Waals surface area contributed by atoms with E-state index in [-0.39, 0.29) is 17.1 Å². The standard InChI is InChI=1S/C15H18N4O4S/c1-8-4-13(14(23-3)5-9(8)2)19-18-12-7-15(24(20,21)22)11(17)6-10(12)16/h4-7H,16-17H2,1-3H3,(H,20,21,22). The lowest BCUT2D eigenvalue weighted by molar-refractivity contribution is 0.415. The molecule has 5 N–H and O–H groups in total. The van der Waals surface area contributed by atoms with Crippen LogP contribution in [-0.2, 0) is 10.1 Å². The van der Waals surface area contributed by atoms with E-state index < -0.39 is 15.0 Å². The second-order valence-corrected chi connectivity index (χ2v) is 6.62. The van der Waals surface area contributed by atoms with Gasteiger partial charge in [-0.2, -0.15) is 8.42 Å². The fraction of sp³-hybridized carbons (Fsp3) is 0.200. The van der Waals surface area contributed by atoms with Gasteiger partial charge in [0.1, 0.15) is 22.0 Å². The highest BCUT2D eigenvalue weighted by Crippen LogP contribution is 2.35. The number of azo groups is 1. The summed E-state index contributed by atoms with van der Waals surface area (Å²) in [4.78, 5) is -0.474. The number of rotatable bonds is 4. The van der Waals surface area contributed by atoms with Crippen LogP contribution in [0.1, 0.15) is 11.1 Å². The van der Waals surface area contributed by atoms with E-state index in [9.17, 15) is 13.0 Å². The first-order chi connectivity index (χ1) is 11.1. The predicted molar refractivity (Wildman–Crippen MR) is 91.7 cm³/mol. The predicted octanol–water partition coefficient (Wildman–Crippen LogP) is 3.14. The SMILES string of the molecule is COc1cc(C)c(C)cc1N=Nc1cc(S(=O)(=O)O)c(N)cc1N. The monoisotopic (exact) mass is 350 g/mol. The minimum atomic E-state index is -4.49. The lowest BCUT2D eigenvalue weighted by Gasteiger charge is -2.08. The van der Waals surface area contributed by atoms with Crippen molar-refractivity contribution in [2.75, 3.05) is 18.6 Å². The Hall–Kier alpha value is -2.65. The van der Waals surface area contributed by atoms with Crippen molar-refractivity contribution in [3.8, 4) is 5.75 Å². The van der Waals surface area contributed by atoms with Crippen molar-refractivity contribution in [2.24, 2.45) is 10.2 Å². The van der Waals surface area contributed by atoms with Crippen molar-refractivity contribution >= 4 is 32.9 Å². The molecule has 0 fully saturated rings. The van der Waals surface area contributed by atoms with Gasteiger partial charge in [0.25, 0.3) is 10.1 Å². The van der Waals surface area contributed by atoms with Gasteiger partial charge in [-0.1, -0.05) is 0 Å². The summed E-state index contributed by atoms with van der Waals surface area (Å²) in [6.45, 7) is 3.86. The van der Waals surface area contributed by atoms with Crippen LogP contribution in [0.2, 0.25) is 0 Å². The average Bonchev–Trinajstić information content (AvgIpc) is 2.48. The van der Waals surface area contributed by atoms with Gasteiger partial charge in [-0.3, -0.25) is 4.55 Å². The molecule has 0 amide bonds. The smallest absolute Gasteiger partial charge is 0.296 e. The van der Waals surface area contributed by atoms with E-state index in [0.717, 1.165) is 17.2 Å². The topological polar surface area (TPSA) is 140 Å². The molecule has 9 heteroatoms. The first-order valence-corrected chi connectivity index (χ1v) is 8.31. The molecule has 0 spiro atoms. The zero-order chi connectivity index (χ0) is 18.1. The number of aryl methyl sites for hydroxylation is 2. The van der Waals surface area contributed by atoms with E-state index in [1.54, 1.807) is 6.07 Å². The van der Waals surface area contributed by atoms with E-state index in [2.05, 4.69) is 10.2 Å². The molecule has 0 atom stereocenters. The van der Waals surface area contributed by atoms with Gasteiger partial charge < -0.3 is 16.2 Å². The zero-order valence-corrected chi connectivity index (χ0v) is 14.3. The van der Waals surface area contributed by atoms with Gasteiger partial charge in [-0.05, 0) is 49.2 Å². The largest absolute Gasteiger partial charge is 0.494 e. The second kappa shape index (κ2) is 6.46. The summed E-state index contributed by atoms with van der Waals surface area (Å²) in [7, 11) is -2.98. The van der Waals surface area contributed by atoms with E-state index in [4.69, 9.17) is 16.2 Å². The van der Waals surface area contributed by atoms with Crippen molar-refractivity contribution in [1.29, 1.82) is 0 Å². The lowest BCUT2D eigenvalue weighted by atomic mass is 10.1. The molecular weight excluding hydrogens is 332 g/mol. The van der Waals surface area contributed by atoms with Gasteiger partial charge in [-0.25, -0.2) is 0 Å². The maximum Gasteiger partial charge on any atom is 0.296 e. The summed E-state index contributed by atoms with van der Waals surface area (Å²) in [6, 6.07) is 5.88. The van der Waals surface area contributed by atoms with Crippen molar-refractivity contribution in [1.82, 2.24) is 0 Å². The third kappa shape index (κ3) is 3.63. The fourth-order valence-corrected chi connectivity index (χ4v) is 2.65. The number of anilines is 2. The fourth-order valence-electron chi connectivity index (χ4n) is 2.04. The van der Waals surface area contributed by atoms with Crippen LogP contribution in [0.5, 0.6) is 5.75 Å². The van der Waals surface area contributed by atoms with Gasteiger partial charge >= 0.3 is 0 Å². The number of ether oxygens (including phenoxy) is 1. The quantitative estimate of drug-likeness (QED) is 0.439. The summed E-state index contributed by atoms with van der Waals surface area (Å²) in [5.74, 6) is 0.519. The summed E-state index contributed by atoms with van der Waals surface area (Å²) in [5.41, 5.74) is 13.9. The highest BCUT2D eigenvalue weighted by atomic mass is 32.2. The molecule has 2 aromatic carbocycles. The van der Waals surface area contributed by atoms with E-state index >= 15 is 0 Å².